The Hall–Kier alpha value is -1.30. The molecule has 6 heteroatoms. The molecular formula is C12H23N3O3. The molecule has 0 spiro atoms. The van der Waals surface area contributed by atoms with Crippen molar-refractivity contribution in [2.75, 3.05) is 13.1 Å². The van der Waals surface area contributed by atoms with E-state index in [1.807, 2.05) is 13.8 Å². The second-order valence-corrected chi connectivity index (χ2v) is 4.98. The Morgan fingerprint density at radius 1 is 1.61 bits per heavy atom. The SMILES string of the molecule is CCCC(C(=O)N1CCC(C)C(O)C1)C(N)=NO. The number of nitrogens with two attached hydrogens (primary N) is 1. The van der Waals surface area contributed by atoms with Gasteiger partial charge in [0.2, 0.25) is 5.91 Å². The topological polar surface area (TPSA) is 99.2 Å². The summed E-state index contributed by atoms with van der Waals surface area (Å²) in [6.07, 6.45) is 1.62. The second kappa shape index (κ2) is 6.58. The number of hydrogen-bond acceptors (Lipinski definition) is 4. The minimum Gasteiger partial charge on any atom is -0.409 e. The van der Waals surface area contributed by atoms with Crippen LogP contribution in [0.5, 0.6) is 0 Å². The number of hydrogen-bond donors (Lipinski definition) is 3. The Balaban J connectivity index is 2.71. The van der Waals surface area contributed by atoms with Gasteiger partial charge in [0.05, 0.1) is 12.0 Å². The quantitative estimate of drug-likeness (QED) is 0.293. The van der Waals surface area contributed by atoms with Crippen LogP contribution >= 0.6 is 0 Å². The lowest BCUT2D eigenvalue weighted by Crippen LogP contribution is -2.50. The van der Waals surface area contributed by atoms with Gasteiger partial charge in [0.15, 0.2) is 5.84 Å². The van der Waals surface area contributed by atoms with Crippen molar-refractivity contribution in [3.05, 3.63) is 0 Å². The molecule has 104 valence electrons. The number of rotatable bonds is 4. The standard InChI is InChI=1S/C12H23N3O3/c1-3-4-9(11(13)14-18)12(17)15-6-5-8(2)10(16)7-15/h8-10,16,18H,3-7H2,1-2H3,(H2,13,14). The number of piperidine rings is 1. The monoisotopic (exact) mass is 257 g/mol. The highest BCUT2D eigenvalue weighted by atomic mass is 16.4. The number of amides is 1. The van der Waals surface area contributed by atoms with Gasteiger partial charge < -0.3 is 20.9 Å². The van der Waals surface area contributed by atoms with Gasteiger partial charge in [0, 0.05) is 13.1 Å². The summed E-state index contributed by atoms with van der Waals surface area (Å²) in [6, 6.07) is 0. The maximum absolute atomic E-state index is 12.3. The van der Waals surface area contributed by atoms with Crippen molar-refractivity contribution in [2.45, 2.75) is 39.2 Å². The summed E-state index contributed by atoms with van der Waals surface area (Å²) in [7, 11) is 0. The summed E-state index contributed by atoms with van der Waals surface area (Å²) < 4.78 is 0. The van der Waals surface area contributed by atoms with E-state index in [-0.39, 0.29) is 17.7 Å². The van der Waals surface area contributed by atoms with Gasteiger partial charge in [-0.1, -0.05) is 25.4 Å². The molecule has 1 aliphatic rings. The number of carbonyl (C=O) groups excluding carboxylic acids is 1. The maximum atomic E-state index is 12.3. The fourth-order valence-electron chi connectivity index (χ4n) is 2.23. The van der Waals surface area contributed by atoms with E-state index in [0.29, 0.717) is 19.5 Å². The number of likely N-dealkylation sites (tertiary alicyclic amines) is 1. The average molecular weight is 257 g/mol. The van der Waals surface area contributed by atoms with Crippen molar-refractivity contribution >= 4 is 11.7 Å². The lowest BCUT2D eigenvalue weighted by atomic mass is 9.93. The molecule has 3 unspecified atom stereocenters. The number of oxime groups is 1. The molecule has 0 aromatic carbocycles. The van der Waals surface area contributed by atoms with Crippen molar-refractivity contribution in [3.63, 3.8) is 0 Å². The zero-order chi connectivity index (χ0) is 13.7. The number of carbonyl (C=O) groups is 1. The average Bonchev–Trinajstić information content (AvgIpc) is 2.37. The molecule has 1 fully saturated rings. The first-order valence-electron chi connectivity index (χ1n) is 6.45. The molecule has 1 heterocycles. The van der Waals surface area contributed by atoms with Gasteiger partial charge in [-0.2, -0.15) is 0 Å². The van der Waals surface area contributed by atoms with Crippen LogP contribution in [0.15, 0.2) is 5.16 Å². The van der Waals surface area contributed by atoms with Crippen LogP contribution in [0.3, 0.4) is 0 Å². The predicted octanol–water partition coefficient (Wildman–Crippen LogP) is 0.378. The third kappa shape index (κ3) is 3.35. The minimum absolute atomic E-state index is 0.0463. The first-order valence-corrected chi connectivity index (χ1v) is 6.45. The van der Waals surface area contributed by atoms with Crippen LogP contribution in [0, 0.1) is 11.8 Å². The highest BCUT2D eigenvalue weighted by Gasteiger charge is 2.32. The van der Waals surface area contributed by atoms with Crippen LogP contribution in [-0.4, -0.2) is 46.1 Å². The van der Waals surface area contributed by atoms with Crippen molar-refractivity contribution in [2.24, 2.45) is 22.7 Å². The molecule has 0 radical (unpaired) electrons. The summed E-state index contributed by atoms with van der Waals surface area (Å²) in [5.41, 5.74) is 5.56. The second-order valence-electron chi connectivity index (χ2n) is 4.98. The summed E-state index contributed by atoms with van der Waals surface area (Å²) >= 11 is 0. The molecule has 18 heavy (non-hydrogen) atoms. The van der Waals surface area contributed by atoms with Gasteiger partial charge in [-0.05, 0) is 18.8 Å². The van der Waals surface area contributed by atoms with Crippen molar-refractivity contribution in [1.82, 2.24) is 4.90 Å². The highest BCUT2D eigenvalue weighted by Crippen LogP contribution is 2.20. The van der Waals surface area contributed by atoms with Crippen molar-refractivity contribution in [3.8, 4) is 0 Å². The first kappa shape index (κ1) is 14.8. The van der Waals surface area contributed by atoms with Crippen LogP contribution in [0.1, 0.15) is 33.1 Å². The molecule has 0 bridgehead atoms. The summed E-state index contributed by atoms with van der Waals surface area (Å²) in [6.45, 7) is 4.87. The van der Waals surface area contributed by atoms with E-state index in [9.17, 15) is 9.90 Å². The Bertz CT molecular complexity index is 320. The Morgan fingerprint density at radius 3 is 2.78 bits per heavy atom. The Kier molecular flexibility index (Phi) is 5.40. The van der Waals surface area contributed by atoms with E-state index in [1.54, 1.807) is 4.90 Å². The van der Waals surface area contributed by atoms with Gasteiger partial charge in [-0.25, -0.2) is 0 Å². The third-order valence-electron chi connectivity index (χ3n) is 3.58. The minimum atomic E-state index is -0.583. The number of amidine groups is 1. The highest BCUT2D eigenvalue weighted by molar-refractivity contribution is 6.02. The molecule has 0 aromatic rings. The van der Waals surface area contributed by atoms with E-state index >= 15 is 0 Å². The van der Waals surface area contributed by atoms with E-state index < -0.39 is 12.0 Å². The number of aliphatic hydroxyl groups excluding tert-OH is 1. The summed E-state index contributed by atoms with van der Waals surface area (Å²) in [4.78, 5) is 13.9. The molecule has 1 aliphatic heterocycles. The van der Waals surface area contributed by atoms with Crippen molar-refractivity contribution in [1.29, 1.82) is 0 Å². The smallest absolute Gasteiger partial charge is 0.233 e. The zero-order valence-electron chi connectivity index (χ0n) is 11.0. The maximum Gasteiger partial charge on any atom is 0.233 e. The first-order chi connectivity index (χ1) is 8.51. The Labute approximate surface area is 107 Å². The summed E-state index contributed by atoms with van der Waals surface area (Å²) in [5.74, 6) is -0.573. The van der Waals surface area contributed by atoms with Gasteiger partial charge in [-0.3, -0.25) is 4.79 Å². The van der Waals surface area contributed by atoms with Crippen LogP contribution in [0.4, 0.5) is 0 Å². The lowest BCUT2D eigenvalue weighted by molar-refractivity contribution is -0.137. The number of β-amino-alcohol motifs (C(OH)–C–C–N with tert-alkyl or cyclic N) is 1. The summed E-state index contributed by atoms with van der Waals surface area (Å²) in [5, 5.41) is 21.5. The molecule has 0 saturated carbocycles. The Morgan fingerprint density at radius 2 is 2.28 bits per heavy atom. The van der Waals surface area contributed by atoms with Crippen LogP contribution < -0.4 is 5.73 Å². The predicted molar refractivity (Wildman–Crippen MR) is 68.2 cm³/mol. The van der Waals surface area contributed by atoms with E-state index in [1.165, 1.54) is 0 Å². The van der Waals surface area contributed by atoms with E-state index in [4.69, 9.17) is 10.9 Å². The molecule has 6 nitrogen and oxygen atoms in total. The van der Waals surface area contributed by atoms with Crippen molar-refractivity contribution < 1.29 is 15.1 Å². The molecule has 0 aromatic heterocycles. The van der Waals surface area contributed by atoms with Gasteiger partial charge in [0.25, 0.3) is 0 Å². The number of nitrogens with zero attached hydrogens (tertiary/aromatic N) is 2. The van der Waals surface area contributed by atoms with Gasteiger partial charge in [0.1, 0.15) is 0 Å². The lowest BCUT2D eigenvalue weighted by Gasteiger charge is -2.36. The molecule has 1 rings (SSSR count). The fourth-order valence-corrected chi connectivity index (χ4v) is 2.23. The molecule has 1 amide bonds. The van der Waals surface area contributed by atoms with Gasteiger partial charge >= 0.3 is 0 Å². The normalized spacial score (nSPS) is 27.1. The van der Waals surface area contributed by atoms with E-state index in [2.05, 4.69) is 5.16 Å². The molecule has 1 saturated heterocycles. The van der Waals surface area contributed by atoms with Crippen LogP contribution in [-0.2, 0) is 4.79 Å². The fraction of sp³-hybridized carbons (Fsp3) is 0.833. The van der Waals surface area contributed by atoms with Crippen LogP contribution in [0.25, 0.3) is 0 Å². The third-order valence-corrected chi connectivity index (χ3v) is 3.58. The molecule has 0 aliphatic carbocycles. The van der Waals surface area contributed by atoms with Crippen LogP contribution in [0.2, 0.25) is 0 Å². The molecular weight excluding hydrogens is 234 g/mol. The molecule has 3 atom stereocenters. The largest absolute Gasteiger partial charge is 0.409 e. The zero-order valence-corrected chi connectivity index (χ0v) is 11.0. The van der Waals surface area contributed by atoms with Gasteiger partial charge in [-0.15, -0.1) is 0 Å². The van der Waals surface area contributed by atoms with E-state index in [0.717, 1.165) is 12.8 Å². The number of aliphatic hydroxyl groups is 1. The molecule has 4 N–H and O–H groups in total.